The summed E-state index contributed by atoms with van der Waals surface area (Å²) in [7, 11) is 5.37. The molecule has 0 saturated carbocycles. The predicted molar refractivity (Wildman–Crippen MR) is 235 cm³/mol. The van der Waals surface area contributed by atoms with Crippen molar-refractivity contribution >= 4 is 17.9 Å². The maximum absolute atomic E-state index is 12.7. The van der Waals surface area contributed by atoms with Crippen molar-refractivity contribution in [1.29, 1.82) is 0 Å². The highest BCUT2D eigenvalue weighted by Crippen LogP contribution is 2.14. The highest BCUT2D eigenvalue weighted by atomic mass is 16.6. The van der Waals surface area contributed by atoms with E-state index in [1.54, 1.807) is 21.1 Å². The molecule has 0 fully saturated rings. The van der Waals surface area contributed by atoms with Crippen LogP contribution >= 0.6 is 0 Å². The van der Waals surface area contributed by atoms with Gasteiger partial charge in [0.25, 0.3) is 0 Å². The van der Waals surface area contributed by atoms with E-state index in [4.69, 9.17) is 14.2 Å². The smallest absolute Gasteiger partial charge is 0.306 e. The van der Waals surface area contributed by atoms with E-state index >= 15 is 0 Å². The Kier molecular flexibility index (Phi) is 36.9. The standard InChI is InChI=1S/C49H81NO7/c1-6-8-10-12-14-16-18-20-21-22-23-24-25-26-28-30-32-34-36-38-40-48(52)57-45(43-55-42-41-46(49(53)54)50(3,4)5)44-56-47(51)39-37-35-33-31-29-27-19-17-15-13-11-9-7-2/h9,11,13,15-21,27,29,31,33,45-46H,6-8,10,12,14,22-26,28,30,32,34-44H2,1-5H3/b11-9+,15-13+,18-16+,19-17+,21-20+,29-27+,33-31+. The average molecular weight is 796 g/mol. The van der Waals surface area contributed by atoms with Crippen LogP contribution in [0, 0.1) is 0 Å². The fourth-order valence-electron chi connectivity index (χ4n) is 5.97. The quantitative estimate of drug-likeness (QED) is 0.0265. The number of carbonyl (C=O) groups excluding carboxylic acids is 3. The Morgan fingerprint density at radius 3 is 1.53 bits per heavy atom. The number of esters is 2. The zero-order valence-corrected chi connectivity index (χ0v) is 36.7. The van der Waals surface area contributed by atoms with Crippen molar-refractivity contribution in [3.05, 3.63) is 85.1 Å². The number of rotatable bonds is 38. The van der Waals surface area contributed by atoms with Gasteiger partial charge in [-0.25, -0.2) is 0 Å². The summed E-state index contributed by atoms with van der Waals surface area (Å²) in [5.41, 5.74) is 0. The first kappa shape index (κ1) is 53.5. The number of ether oxygens (including phenoxy) is 3. The Bertz CT molecular complexity index is 1200. The van der Waals surface area contributed by atoms with E-state index in [9.17, 15) is 19.5 Å². The van der Waals surface area contributed by atoms with Crippen LogP contribution in [-0.4, -0.2) is 75.5 Å². The number of aliphatic carboxylic acids is 1. The van der Waals surface area contributed by atoms with Gasteiger partial charge >= 0.3 is 11.9 Å². The molecule has 0 amide bonds. The molecule has 0 N–H and O–H groups in total. The van der Waals surface area contributed by atoms with Crippen molar-refractivity contribution in [2.75, 3.05) is 41.0 Å². The minimum absolute atomic E-state index is 0.0119. The van der Waals surface area contributed by atoms with Gasteiger partial charge < -0.3 is 28.6 Å². The molecule has 2 atom stereocenters. The van der Waals surface area contributed by atoms with E-state index in [-0.39, 0.29) is 49.1 Å². The molecule has 0 aromatic rings. The third kappa shape index (κ3) is 37.8. The molecule has 8 nitrogen and oxygen atoms in total. The minimum Gasteiger partial charge on any atom is -0.544 e. The second-order valence-corrected chi connectivity index (χ2v) is 15.7. The topological polar surface area (TPSA) is 102 Å². The Hall–Kier alpha value is -3.49. The van der Waals surface area contributed by atoms with E-state index in [0.717, 1.165) is 38.5 Å². The number of quaternary nitrogens is 1. The molecule has 0 radical (unpaired) electrons. The first-order chi connectivity index (χ1) is 27.6. The van der Waals surface area contributed by atoms with Crippen molar-refractivity contribution in [3.63, 3.8) is 0 Å². The van der Waals surface area contributed by atoms with Crippen LogP contribution in [-0.2, 0) is 28.6 Å². The maximum atomic E-state index is 12.7. The highest BCUT2D eigenvalue weighted by Gasteiger charge is 2.25. The van der Waals surface area contributed by atoms with Gasteiger partial charge in [0.15, 0.2) is 6.10 Å². The molecule has 2 unspecified atom stereocenters. The fourth-order valence-corrected chi connectivity index (χ4v) is 5.97. The number of carbonyl (C=O) groups is 3. The Balaban J connectivity index is 4.41. The number of allylic oxidation sites excluding steroid dienone is 14. The van der Waals surface area contributed by atoms with Crippen molar-refractivity contribution in [2.45, 2.75) is 167 Å². The second kappa shape index (κ2) is 39.3. The molecule has 0 spiro atoms. The minimum atomic E-state index is -1.14. The predicted octanol–water partition coefficient (Wildman–Crippen LogP) is 10.8. The molecular formula is C49H81NO7. The summed E-state index contributed by atoms with van der Waals surface area (Å²) in [5.74, 6) is -1.85. The normalized spacial score (nSPS) is 13.8. The summed E-state index contributed by atoms with van der Waals surface area (Å²) in [6.07, 6.45) is 50.5. The van der Waals surface area contributed by atoms with Gasteiger partial charge in [0.1, 0.15) is 12.6 Å². The van der Waals surface area contributed by atoms with Crippen LogP contribution in [0.4, 0.5) is 0 Å². The van der Waals surface area contributed by atoms with E-state index in [2.05, 4.69) is 44.2 Å². The SMILES string of the molecule is CC/C=C/C=C/C=C/C=C/C=C/CCCC(=O)OCC(COCCC(C(=O)[O-])[N+](C)(C)C)OC(=O)CCCCCCCCCCCC/C=C/C=C/CCCCCC. The van der Waals surface area contributed by atoms with Crippen LogP contribution in [0.5, 0.6) is 0 Å². The van der Waals surface area contributed by atoms with Gasteiger partial charge in [0.2, 0.25) is 0 Å². The van der Waals surface area contributed by atoms with Gasteiger partial charge in [-0.2, -0.15) is 0 Å². The summed E-state index contributed by atoms with van der Waals surface area (Å²) in [4.78, 5) is 36.8. The molecule has 57 heavy (non-hydrogen) atoms. The Labute approximate surface area is 348 Å². The van der Waals surface area contributed by atoms with Crippen LogP contribution in [0.15, 0.2) is 85.1 Å². The third-order valence-electron chi connectivity index (χ3n) is 9.42. The molecule has 0 aromatic carbocycles. The fraction of sp³-hybridized carbons (Fsp3) is 0.653. The van der Waals surface area contributed by atoms with E-state index in [1.165, 1.54) is 77.0 Å². The summed E-state index contributed by atoms with van der Waals surface area (Å²) >= 11 is 0. The van der Waals surface area contributed by atoms with Crippen LogP contribution in [0.25, 0.3) is 0 Å². The number of nitrogens with zero attached hydrogens (tertiary/aromatic N) is 1. The lowest BCUT2D eigenvalue weighted by atomic mass is 10.1. The number of carboxylic acid groups (broad SMARTS) is 1. The lowest BCUT2D eigenvalue weighted by molar-refractivity contribution is -0.889. The summed E-state index contributed by atoms with van der Waals surface area (Å²) in [6, 6.07) is -0.741. The monoisotopic (exact) mass is 796 g/mol. The maximum Gasteiger partial charge on any atom is 0.306 e. The number of hydrogen-bond acceptors (Lipinski definition) is 7. The first-order valence-electron chi connectivity index (χ1n) is 22.2. The van der Waals surface area contributed by atoms with Gasteiger partial charge in [0, 0.05) is 19.3 Å². The zero-order valence-electron chi connectivity index (χ0n) is 36.7. The van der Waals surface area contributed by atoms with Crippen LogP contribution in [0.3, 0.4) is 0 Å². The van der Waals surface area contributed by atoms with Gasteiger partial charge in [-0.1, -0.05) is 170 Å². The van der Waals surface area contributed by atoms with E-state index in [0.29, 0.717) is 12.8 Å². The van der Waals surface area contributed by atoms with E-state index < -0.39 is 18.1 Å². The highest BCUT2D eigenvalue weighted by molar-refractivity contribution is 5.70. The van der Waals surface area contributed by atoms with Crippen LogP contribution in [0.2, 0.25) is 0 Å². The third-order valence-corrected chi connectivity index (χ3v) is 9.42. The van der Waals surface area contributed by atoms with Gasteiger partial charge in [-0.15, -0.1) is 0 Å². The lowest BCUT2D eigenvalue weighted by Gasteiger charge is -2.34. The largest absolute Gasteiger partial charge is 0.544 e. The van der Waals surface area contributed by atoms with Crippen molar-refractivity contribution in [2.24, 2.45) is 0 Å². The van der Waals surface area contributed by atoms with Crippen LogP contribution < -0.4 is 5.11 Å². The van der Waals surface area contributed by atoms with Gasteiger partial charge in [-0.3, -0.25) is 9.59 Å². The molecule has 324 valence electrons. The molecular weight excluding hydrogens is 715 g/mol. The molecule has 0 aliphatic rings. The van der Waals surface area contributed by atoms with E-state index in [1.807, 2.05) is 54.7 Å². The molecule has 0 bridgehead atoms. The molecule has 0 rings (SSSR count). The molecule has 0 aromatic heterocycles. The van der Waals surface area contributed by atoms with Gasteiger partial charge in [-0.05, 0) is 51.4 Å². The number of carboxylic acids is 1. The summed E-state index contributed by atoms with van der Waals surface area (Å²) in [5, 5.41) is 11.6. The molecule has 8 heteroatoms. The molecule has 0 saturated heterocycles. The lowest BCUT2D eigenvalue weighted by Crippen LogP contribution is -2.55. The second-order valence-electron chi connectivity index (χ2n) is 15.7. The Morgan fingerprint density at radius 1 is 0.544 bits per heavy atom. The van der Waals surface area contributed by atoms with Crippen molar-refractivity contribution in [1.82, 2.24) is 0 Å². The summed E-state index contributed by atoms with van der Waals surface area (Å²) in [6.45, 7) is 4.40. The van der Waals surface area contributed by atoms with Crippen molar-refractivity contribution in [3.8, 4) is 0 Å². The average Bonchev–Trinajstić information content (AvgIpc) is 3.17. The van der Waals surface area contributed by atoms with Crippen molar-refractivity contribution < 1.29 is 38.2 Å². The first-order valence-corrected chi connectivity index (χ1v) is 22.2. The summed E-state index contributed by atoms with van der Waals surface area (Å²) < 4.78 is 17.1. The number of hydrogen-bond donors (Lipinski definition) is 0. The Morgan fingerprint density at radius 2 is 1.00 bits per heavy atom. The van der Waals surface area contributed by atoms with Gasteiger partial charge in [0.05, 0.1) is 40.3 Å². The number of likely N-dealkylation sites (N-methyl/N-ethyl adjacent to an activating group) is 1. The number of unbranched alkanes of at least 4 members (excludes halogenated alkanes) is 15. The zero-order chi connectivity index (χ0) is 42.1. The molecule has 0 heterocycles. The van der Waals surface area contributed by atoms with Crippen LogP contribution in [0.1, 0.15) is 155 Å². The molecule has 0 aliphatic heterocycles. The molecule has 0 aliphatic carbocycles.